The smallest absolute Gasteiger partial charge is 0.320 e. The van der Waals surface area contributed by atoms with Crippen molar-refractivity contribution >= 4 is 5.97 Å². The minimum absolute atomic E-state index is 0.303. The lowest BCUT2D eigenvalue weighted by Gasteiger charge is -2.40. The van der Waals surface area contributed by atoms with E-state index < -0.39 is 5.97 Å². The number of hydrogen-bond acceptors (Lipinski definition) is 3. The number of carboxylic acids is 1. The van der Waals surface area contributed by atoms with Crippen LogP contribution >= 0.6 is 0 Å². The van der Waals surface area contributed by atoms with Gasteiger partial charge in [-0.15, -0.1) is 0 Å². The summed E-state index contributed by atoms with van der Waals surface area (Å²) in [5.74, 6) is -0.666. The third-order valence-corrected chi connectivity index (χ3v) is 4.35. The van der Waals surface area contributed by atoms with Crippen LogP contribution in [-0.4, -0.2) is 46.7 Å². The predicted octanol–water partition coefficient (Wildman–Crippen LogP) is 1.45. The Morgan fingerprint density at radius 2 is 1.94 bits per heavy atom. The molecule has 0 radical (unpaired) electrons. The summed E-state index contributed by atoms with van der Waals surface area (Å²) in [6, 6.07) is 1.40. The Bertz CT molecular complexity index is 271. The number of nitrogens with zero attached hydrogens (tertiary/aromatic N) is 1. The van der Waals surface area contributed by atoms with E-state index in [-0.39, 0.29) is 6.04 Å². The number of likely N-dealkylation sites (N-methyl/N-ethyl adjacent to an activating group) is 1. The van der Waals surface area contributed by atoms with Crippen molar-refractivity contribution in [2.75, 3.05) is 6.54 Å². The molecule has 2 saturated heterocycles. The van der Waals surface area contributed by atoms with Crippen LogP contribution in [0.1, 0.15) is 46.0 Å². The van der Waals surface area contributed by atoms with E-state index in [1.807, 2.05) is 6.92 Å². The van der Waals surface area contributed by atoms with E-state index in [1.54, 1.807) is 0 Å². The van der Waals surface area contributed by atoms with Crippen LogP contribution in [0.2, 0.25) is 0 Å². The fourth-order valence-corrected chi connectivity index (χ4v) is 3.58. The van der Waals surface area contributed by atoms with Crippen LogP contribution in [0.3, 0.4) is 0 Å². The summed E-state index contributed by atoms with van der Waals surface area (Å²) in [5.41, 5.74) is 0. The fraction of sp³-hybridized carbons (Fsp3) is 0.923. The van der Waals surface area contributed by atoms with E-state index in [9.17, 15) is 9.90 Å². The maximum atomic E-state index is 11.3. The van der Waals surface area contributed by atoms with Gasteiger partial charge in [-0.3, -0.25) is 9.69 Å². The Balaban J connectivity index is 2.04. The van der Waals surface area contributed by atoms with Gasteiger partial charge in [0, 0.05) is 18.1 Å². The lowest BCUT2D eigenvalue weighted by atomic mass is 9.96. The molecule has 3 unspecified atom stereocenters. The molecule has 2 aliphatic heterocycles. The normalized spacial score (nSPS) is 33.9. The zero-order valence-electron chi connectivity index (χ0n) is 10.9. The van der Waals surface area contributed by atoms with Crippen molar-refractivity contribution in [2.45, 2.75) is 70.1 Å². The molecule has 2 heterocycles. The van der Waals surface area contributed by atoms with E-state index in [0.717, 1.165) is 19.4 Å². The van der Waals surface area contributed by atoms with E-state index in [4.69, 9.17) is 0 Å². The summed E-state index contributed by atoms with van der Waals surface area (Å²) < 4.78 is 0. The number of carboxylic acid groups (broad SMARTS) is 1. The molecule has 0 amide bonds. The number of nitrogens with one attached hydrogen (secondary N) is 1. The van der Waals surface area contributed by atoms with Gasteiger partial charge in [0.05, 0.1) is 0 Å². The average Bonchev–Trinajstić information content (AvgIpc) is 2.64. The predicted molar refractivity (Wildman–Crippen MR) is 67.1 cm³/mol. The SMILES string of the molecule is CCC(C(=O)O)N(CC)C1CC2CCC(C1)N2. The van der Waals surface area contributed by atoms with Gasteiger partial charge in [-0.1, -0.05) is 13.8 Å². The van der Waals surface area contributed by atoms with Crippen LogP contribution in [0.25, 0.3) is 0 Å². The van der Waals surface area contributed by atoms with E-state index in [0.29, 0.717) is 24.5 Å². The Labute approximate surface area is 103 Å². The van der Waals surface area contributed by atoms with Crippen LogP contribution in [0.4, 0.5) is 0 Å². The van der Waals surface area contributed by atoms with E-state index in [1.165, 1.54) is 12.8 Å². The molecule has 2 bridgehead atoms. The number of piperidine rings is 1. The molecular weight excluding hydrogens is 216 g/mol. The van der Waals surface area contributed by atoms with Crippen molar-refractivity contribution in [3.05, 3.63) is 0 Å². The van der Waals surface area contributed by atoms with Crippen LogP contribution in [0, 0.1) is 0 Å². The minimum atomic E-state index is -0.666. The quantitative estimate of drug-likeness (QED) is 0.764. The Morgan fingerprint density at radius 1 is 1.35 bits per heavy atom. The first kappa shape index (κ1) is 12.8. The first-order valence-electron chi connectivity index (χ1n) is 6.90. The summed E-state index contributed by atoms with van der Waals surface area (Å²) >= 11 is 0. The molecule has 2 rings (SSSR count). The summed E-state index contributed by atoms with van der Waals surface area (Å²) in [4.78, 5) is 13.5. The third kappa shape index (κ3) is 2.63. The molecule has 17 heavy (non-hydrogen) atoms. The standard InChI is InChI=1S/C13H24N2O2/c1-3-12(13(16)17)15(4-2)11-7-9-5-6-10(8-11)14-9/h9-12,14H,3-8H2,1-2H3,(H,16,17). The van der Waals surface area contributed by atoms with Crippen LogP contribution in [0.15, 0.2) is 0 Å². The van der Waals surface area contributed by atoms with Gasteiger partial charge >= 0.3 is 5.97 Å². The largest absolute Gasteiger partial charge is 0.480 e. The Morgan fingerprint density at radius 3 is 2.35 bits per heavy atom. The van der Waals surface area contributed by atoms with Gasteiger partial charge in [0.25, 0.3) is 0 Å². The van der Waals surface area contributed by atoms with Gasteiger partial charge in [0.1, 0.15) is 6.04 Å². The summed E-state index contributed by atoms with van der Waals surface area (Å²) in [5, 5.41) is 12.9. The molecule has 2 aliphatic rings. The fourth-order valence-electron chi connectivity index (χ4n) is 3.58. The zero-order valence-corrected chi connectivity index (χ0v) is 10.9. The van der Waals surface area contributed by atoms with Gasteiger partial charge in [0.15, 0.2) is 0 Å². The van der Waals surface area contributed by atoms with Gasteiger partial charge in [-0.05, 0) is 38.6 Å². The van der Waals surface area contributed by atoms with Crippen molar-refractivity contribution in [3.63, 3.8) is 0 Å². The maximum Gasteiger partial charge on any atom is 0.320 e. The maximum absolute atomic E-state index is 11.3. The molecule has 0 aromatic heterocycles. The van der Waals surface area contributed by atoms with Crippen molar-refractivity contribution in [3.8, 4) is 0 Å². The second-order valence-electron chi connectivity index (χ2n) is 5.36. The molecule has 2 N–H and O–H groups in total. The van der Waals surface area contributed by atoms with Gasteiger partial charge < -0.3 is 10.4 Å². The Kier molecular flexibility index (Phi) is 4.05. The van der Waals surface area contributed by atoms with Crippen molar-refractivity contribution in [1.29, 1.82) is 0 Å². The van der Waals surface area contributed by atoms with Gasteiger partial charge in [-0.2, -0.15) is 0 Å². The van der Waals surface area contributed by atoms with Crippen LogP contribution < -0.4 is 5.32 Å². The van der Waals surface area contributed by atoms with Gasteiger partial charge in [0.2, 0.25) is 0 Å². The van der Waals surface area contributed by atoms with Crippen LogP contribution in [-0.2, 0) is 4.79 Å². The summed E-state index contributed by atoms with van der Waals surface area (Å²) in [7, 11) is 0. The highest BCUT2D eigenvalue weighted by molar-refractivity contribution is 5.73. The second kappa shape index (κ2) is 5.36. The summed E-state index contributed by atoms with van der Waals surface area (Å²) in [6.45, 7) is 4.89. The van der Waals surface area contributed by atoms with Crippen molar-refractivity contribution in [1.82, 2.24) is 10.2 Å². The molecular formula is C13H24N2O2. The molecule has 0 aromatic rings. The number of aliphatic carboxylic acids is 1. The minimum Gasteiger partial charge on any atom is -0.480 e. The molecule has 4 nitrogen and oxygen atoms in total. The second-order valence-corrected chi connectivity index (χ2v) is 5.36. The van der Waals surface area contributed by atoms with Gasteiger partial charge in [-0.25, -0.2) is 0 Å². The lowest BCUT2D eigenvalue weighted by molar-refractivity contribution is -0.144. The molecule has 0 saturated carbocycles. The van der Waals surface area contributed by atoms with Crippen LogP contribution in [0.5, 0.6) is 0 Å². The molecule has 2 fully saturated rings. The molecule has 0 aromatic carbocycles. The highest BCUT2D eigenvalue weighted by Crippen LogP contribution is 2.30. The molecule has 3 atom stereocenters. The lowest BCUT2D eigenvalue weighted by Crippen LogP contribution is -2.53. The van der Waals surface area contributed by atoms with E-state index >= 15 is 0 Å². The number of rotatable bonds is 5. The zero-order chi connectivity index (χ0) is 12.4. The number of carbonyl (C=O) groups is 1. The molecule has 4 heteroatoms. The van der Waals surface area contributed by atoms with Crippen molar-refractivity contribution in [2.24, 2.45) is 0 Å². The average molecular weight is 240 g/mol. The number of fused-ring (bicyclic) bond motifs is 2. The summed E-state index contributed by atoms with van der Waals surface area (Å²) in [6.07, 6.45) is 5.47. The third-order valence-electron chi connectivity index (χ3n) is 4.35. The first-order valence-corrected chi connectivity index (χ1v) is 6.90. The highest BCUT2D eigenvalue weighted by atomic mass is 16.4. The number of hydrogen-bond donors (Lipinski definition) is 2. The molecule has 98 valence electrons. The monoisotopic (exact) mass is 240 g/mol. The molecule has 0 spiro atoms. The van der Waals surface area contributed by atoms with Crippen molar-refractivity contribution < 1.29 is 9.90 Å². The van der Waals surface area contributed by atoms with E-state index in [2.05, 4.69) is 17.1 Å². The Hall–Kier alpha value is -0.610. The molecule has 0 aliphatic carbocycles. The topological polar surface area (TPSA) is 52.6 Å². The first-order chi connectivity index (χ1) is 8.15. The highest BCUT2D eigenvalue weighted by Gasteiger charge is 2.38.